The summed E-state index contributed by atoms with van der Waals surface area (Å²) < 4.78 is 28.6. The molecule has 4 rings (SSSR count). The molecule has 1 fully saturated rings. The Balaban J connectivity index is 1.72. The summed E-state index contributed by atoms with van der Waals surface area (Å²) in [6.45, 7) is 0.774. The van der Waals surface area contributed by atoms with E-state index >= 15 is 0 Å². The fourth-order valence-electron chi connectivity index (χ4n) is 3.84. The number of halogens is 1. The van der Waals surface area contributed by atoms with Crippen molar-refractivity contribution in [3.05, 3.63) is 70.4 Å². The molecule has 3 heterocycles. The number of anilines is 1. The van der Waals surface area contributed by atoms with Crippen molar-refractivity contribution >= 4 is 34.9 Å². The molecule has 0 bridgehead atoms. The lowest BCUT2D eigenvalue weighted by Crippen LogP contribution is -2.45. The van der Waals surface area contributed by atoms with Crippen molar-refractivity contribution < 1.29 is 27.9 Å². The Morgan fingerprint density at radius 2 is 2.03 bits per heavy atom. The fourth-order valence-corrected chi connectivity index (χ4v) is 4.61. The highest BCUT2D eigenvalue weighted by molar-refractivity contribution is 7.09. The Morgan fingerprint density at radius 3 is 2.63 bits per heavy atom. The molecule has 0 unspecified atom stereocenters. The monoisotopic (exact) mass is 501 g/mol. The number of aromatic nitrogens is 1. The molecule has 2 aromatic heterocycles. The number of rotatable bonds is 9. The molecule has 3 aromatic rings. The number of furan rings is 1. The van der Waals surface area contributed by atoms with Crippen LogP contribution in [-0.2, 0) is 16.1 Å². The van der Waals surface area contributed by atoms with Crippen LogP contribution in [0.3, 0.4) is 0 Å². The Labute approximate surface area is 204 Å². The third-order valence-electron chi connectivity index (χ3n) is 5.60. The molecule has 1 saturated heterocycles. The van der Waals surface area contributed by atoms with Crippen LogP contribution in [0.15, 0.2) is 47.1 Å². The van der Waals surface area contributed by atoms with Gasteiger partial charge < -0.3 is 30.8 Å². The standard InChI is InChI=1S/C23H24FN5O5S/c24-14-7-5-13(6-8-14)19(22(31)27-11-15-3-1-9-33-15)29(12-16-4-2-10-34-16)23(32)20-17(25)18(21(26)30)28-35-20/h2,4-8,10,15,19H,1,3,9,11-12,25H2,(H2,26,30)(H,27,31)/t15-,19+/m1/s1. The predicted octanol–water partition coefficient (Wildman–Crippen LogP) is 2.24. The molecule has 10 nitrogen and oxygen atoms in total. The maximum absolute atomic E-state index is 13.7. The second-order valence-corrected chi connectivity index (χ2v) is 8.76. The van der Waals surface area contributed by atoms with E-state index in [4.69, 9.17) is 20.6 Å². The predicted molar refractivity (Wildman–Crippen MR) is 125 cm³/mol. The lowest BCUT2D eigenvalue weighted by molar-refractivity contribution is -0.126. The summed E-state index contributed by atoms with van der Waals surface area (Å²) in [6, 6.07) is 7.40. The average molecular weight is 502 g/mol. The van der Waals surface area contributed by atoms with E-state index in [-0.39, 0.29) is 35.5 Å². The Bertz CT molecular complexity index is 1190. The van der Waals surface area contributed by atoms with Crippen LogP contribution in [-0.4, -0.2) is 46.3 Å². The quantitative estimate of drug-likeness (QED) is 0.406. The second-order valence-electron chi connectivity index (χ2n) is 7.98. The highest BCUT2D eigenvalue weighted by Crippen LogP contribution is 2.30. The molecule has 2 atom stereocenters. The minimum Gasteiger partial charge on any atom is -0.467 e. The summed E-state index contributed by atoms with van der Waals surface area (Å²) in [5.74, 6) is -2.12. The third-order valence-corrected chi connectivity index (χ3v) is 6.45. The zero-order valence-corrected chi connectivity index (χ0v) is 19.4. The van der Waals surface area contributed by atoms with Gasteiger partial charge in [0.1, 0.15) is 22.5 Å². The number of nitrogens with zero attached hydrogens (tertiary/aromatic N) is 2. The number of benzene rings is 1. The molecule has 184 valence electrons. The average Bonchev–Trinajstić information content (AvgIpc) is 3.60. The zero-order valence-electron chi connectivity index (χ0n) is 18.6. The van der Waals surface area contributed by atoms with Crippen molar-refractivity contribution in [2.24, 2.45) is 5.73 Å². The Kier molecular flexibility index (Phi) is 7.42. The summed E-state index contributed by atoms with van der Waals surface area (Å²) in [4.78, 5) is 40.0. The number of nitrogen functional groups attached to an aromatic ring is 1. The maximum Gasteiger partial charge on any atom is 0.270 e. The number of nitrogens with one attached hydrogen (secondary N) is 1. The third kappa shape index (κ3) is 5.49. The first kappa shape index (κ1) is 24.4. The molecule has 0 saturated carbocycles. The van der Waals surface area contributed by atoms with Crippen molar-refractivity contribution in [2.45, 2.75) is 31.5 Å². The van der Waals surface area contributed by atoms with Crippen molar-refractivity contribution in [2.75, 3.05) is 18.9 Å². The molecule has 1 aliphatic rings. The molecule has 0 spiro atoms. The van der Waals surface area contributed by atoms with Gasteiger partial charge in [-0.1, -0.05) is 12.1 Å². The largest absolute Gasteiger partial charge is 0.467 e. The van der Waals surface area contributed by atoms with E-state index in [1.807, 2.05) is 0 Å². The summed E-state index contributed by atoms with van der Waals surface area (Å²) in [6.07, 6.45) is 3.02. The normalized spacial score (nSPS) is 16.1. The highest BCUT2D eigenvalue weighted by Gasteiger charge is 2.35. The minimum absolute atomic E-state index is 0.0515. The number of carbonyl (C=O) groups is 3. The lowest BCUT2D eigenvalue weighted by Gasteiger charge is -2.31. The molecule has 0 radical (unpaired) electrons. The molecule has 0 aliphatic carbocycles. The van der Waals surface area contributed by atoms with Gasteiger partial charge >= 0.3 is 0 Å². The van der Waals surface area contributed by atoms with Crippen molar-refractivity contribution in [3.8, 4) is 0 Å². The van der Waals surface area contributed by atoms with E-state index in [0.29, 0.717) is 29.5 Å². The van der Waals surface area contributed by atoms with Crippen LogP contribution >= 0.6 is 11.5 Å². The molecule has 1 aromatic carbocycles. The van der Waals surface area contributed by atoms with Gasteiger partial charge in [-0.2, -0.15) is 4.37 Å². The van der Waals surface area contributed by atoms with Crippen LogP contribution in [0.2, 0.25) is 0 Å². The van der Waals surface area contributed by atoms with Gasteiger partial charge in [-0.05, 0) is 54.2 Å². The number of hydrogen-bond donors (Lipinski definition) is 3. The first-order valence-electron chi connectivity index (χ1n) is 10.9. The maximum atomic E-state index is 13.7. The smallest absolute Gasteiger partial charge is 0.270 e. The van der Waals surface area contributed by atoms with Crippen LogP contribution in [0, 0.1) is 5.82 Å². The van der Waals surface area contributed by atoms with Crippen molar-refractivity contribution in [3.63, 3.8) is 0 Å². The summed E-state index contributed by atoms with van der Waals surface area (Å²) in [5, 5.41) is 2.84. The van der Waals surface area contributed by atoms with Crippen LogP contribution in [0.5, 0.6) is 0 Å². The lowest BCUT2D eigenvalue weighted by atomic mass is 10.0. The topological polar surface area (TPSA) is 154 Å². The molecule has 35 heavy (non-hydrogen) atoms. The molecule has 3 amide bonds. The Morgan fingerprint density at radius 1 is 1.26 bits per heavy atom. The molecule has 5 N–H and O–H groups in total. The fraction of sp³-hybridized carbons (Fsp3) is 0.304. The zero-order chi connectivity index (χ0) is 24.9. The van der Waals surface area contributed by atoms with Gasteiger partial charge in [-0.3, -0.25) is 14.4 Å². The van der Waals surface area contributed by atoms with Crippen LogP contribution in [0.25, 0.3) is 0 Å². The highest BCUT2D eigenvalue weighted by atomic mass is 32.1. The van der Waals surface area contributed by atoms with E-state index in [2.05, 4.69) is 9.69 Å². The molecule has 12 heteroatoms. The summed E-state index contributed by atoms with van der Waals surface area (Å²) in [5.41, 5.74) is 11.3. The van der Waals surface area contributed by atoms with Gasteiger partial charge in [-0.15, -0.1) is 0 Å². The first-order chi connectivity index (χ1) is 16.8. The van der Waals surface area contributed by atoms with Gasteiger partial charge in [0, 0.05) is 13.2 Å². The van der Waals surface area contributed by atoms with Crippen LogP contribution in [0.4, 0.5) is 10.1 Å². The molecule has 1 aliphatic heterocycles. The van der Waals surface area contributed by atoms with E-state index in [9.17, 15) is 18.8 Å². The molecular weight excluding hydrogens is 477 g/mol. The van der Waals surface area contributed by atoms with E-state index in [1.165, 1.54) is 35.4 Å². The second kappa shape index (κ2) is 10.7. The van der Waals surface area contributed by atoms with Crippen molar-refractivity contribution in [1.82, 2.24) is 14.6 Å². The van der Waals surface area contributed by atoms with E-state index < -0.39 is 29.6 Å². The minimum atomic E-state index is -1.17. The summed E-state index contributed by atoms with van der Waals surface area (Å²) >= 11 is 0.705. The van der Waals surface area contributed by atoms with Crippen LogP contribution < -0.4 is 16.8 Å². The van der Waals surface area contributed by atoms with Crippen LogP contribution in [0.1, 0.15) is 50.4 Å². The van der Waals surface area contributed by atoms with Crippen molar-refractivity contribution in [1.29, 1.82) is 0 Å². The number of primary amides is 1. The van der Waals surface area contributed by atoms with Gasteiger partial charge in [0.05, 0.1) is 24.6 Å². The van der Waals surface area contributed by atoms with E-state index in [0.717, 1.165) is 12.8 Å². The summed E-state index contributed by atoms with van der Waals surface area (Å²) in [7, 11) is 0. The van der Waals surface area contributed by atoms with Gasteiger partial charge in [0.25, 0.3) is 11.8 Å². The number of carbonyl (C=O) groups excluding carboxylic acids is 3. The SMILES string of the molecule is NC(=O)c1nsc(C(=O)N(Cc2ccco2)[C@H](C(=O)NC[C@H]2CCCO2)c2ccc(F)cc2)c1N. The van der Waals surface area contributed by atoms with E-state index in [1.54, 1.807) is 12.1 Å². The van der Waals surface area contributed by atoms with Gasteiger partial charge in [0.15, 0.2) is 5.69 Å². The molecular formula is C23H24FN5O5S. The number of hydrogen-bond acceptors (Lipinski definition) is 8. The Hall–Kier alpha value is -3.77. The number of ether oxygens (including phenoxy) is 1. The number of amides is 3. The first-order valence-corrected chi connectivity index (χ1v) is 11.7. The van der Waals surface area contributed by atoms with Gasteiger partial charge in [-0.25, -0.2) is 4.39 Å². The number of nitrogens with two attached hydrogens (primary N) is 2. The van der Waals surface area contributed by atoms with Gasteiger partial charge in [0.2, 0.25) is 5.91 Å².